The first kappa shape index (κ1) is 15.1. The van der Waals surface area contributed by atoms with Gasteiger partial charge in [-0.05, 0) is 37.5 Å². The van der Waals surface area contributed by atoms with E-state index in [2.05, 4.69) is 0 Å². The molecule has 1 aromatic carbocycles. The molecule has 3 nitrogen and oxygen atoms in total. The molecule has 1 aromatic rings. The molecule has 1 rings (SSSR count). The van der Waals surface area contributed by atoms with Crippen LogP contribution in [0.1, 0.15) is 32.3 Å². The number of hydrogen-bond acceptors (Lipinski definition) is 3. The molecule has 0 heterocycles. The molecule has 0 aromatic heterocycles. The van der Waals surface area contributed by atoms with Gasteiger partial charge in [0.15, 0.2) is 0 Å². The number of rotatable bonds is 6. The Bertz CT molecular complexity index is 497. The van der Waals surface area contributed by atoms with Crippen molar-refractivity contribution in [3.63, 3.8) is 0 Å². The fourth-order valence-electron chi connectivity index (χ4n) is 1.79. The van der Waals surface area contributed by atoms with E-state index in [1.807, 2.05) is 0 Å². The lowest BCUT2D eigenvalue weighted by Crippen LogP contribution is -2.33. The highest BCUT2D eigenvalue weighted by Crippen LogP contribution is 2.24. The number of sulfone groups is 1. The van der Waals surface area contributed by atoms with Gasteiger partial charge in [0.2, 0.25) is 0 Å². The summed E-state index contributed by atoms with van der Waals surface area (Å²) < 4.78 is 35.9. The Balaban J connectivity index is 2.66. The number of hydrogen-bond donors (Lipinski definition) is 1. The van der Waals surface area contributed by atoms with Crippen LogP contribution in [-0.2, 0) is 15.4 Å². The quantitative estimate of drug-likeness (QED) is 0.864. The molecule has 0 bridgehead atoms. The predicted octanol–water partition coefficient (Wildman–Crippen LogP) is 2.21. The largest absolute Gasteiger partial charge is 0.322 e. The summed E-state index contributed by atoms with van der Waals surface area (Å²) in [6, 6.07) is 6.13. The van der Waals surface area contributed by atoms with Gasteiger partial charge in [0.05, 0.1) is 5.75 Å². The third-order valence-corrected chi connectivity index (χ3v) is 4.87. The molecule has 0 amide bonds. The molecule has 1 unspecified atom stereocenters. The Morgan fingerprint density at radius 3 is 2.61 bits per heavy atom. The van der Waals surface area contributed by atoms with Crippen molar-refractivity contribution in [1.29, 1.82) is 0 Å². The van der Waals surface area contributed by atoms with E-state index in [1.54, 1.807) is 26.0 Å². The third-order valence-electron chi connectivity index (χ3n) is 3.08. The molecule has 0 aliphatic heterocycles. The Hall–Kier alpha value is -0.940. The standard InChI is InChI=1S/C13H20FNO2S/c1-3-18(16,17)9-5-8-13(2,15)11-6-4-7-12(14)10-11/h4,6-7,10H,3,5,8-9,15H2,1-2H3. The third kappa shape index (κ3) is 4.38. The minimum Gasteiger partial charge on any atom is -0.322 e. The molecule has 0 saturated carbocycles. The Labute approximate surface area is 108 Å². The molecular formula is C13H20FNO2S. The Morgan fingerprint density at radius 2 is 2.06 bits per heavy atom. The van der Waals surface area contributed by atoms with Crippen LogP contribution in [0.15, 0.2) is 24.3 Å². The van der Waals surface area contributed by atoms with Crippen LogP contribution < -0.4 is 5.73 Å². The van der Waals surface area contributed by atoms with Gasteiger partial charge in [0.1, 0.15) is 15.7 Å². The van der Waals surface area contributed by atoms with E-state index < -0.39 is 15.4 Å². The van der Waals surface area contributed by atoms with Crippen molar-refractivity contribution < 1.29 is 12.8 Å². The van der Waals surface area contributed by atoms with Gasteiger partial charge < -0.3 is 5.73 Å². The predicted molar refractivity (Wildman–Crippen MR) is 71.5 cm³/mol. The van der Waals surface area contributed by atoms with Gasteiger partial charge >= 0.3 is 0 Å². The Kier molecular flexibility index (Phi) is 4.87. The molecule has 0 saturated heterocycles. The summed E-state index contributed by atoms with van der Waals surface area (Å²) in [6.07, 6.45) is 0.995. The van der Waals surface area contributed by atoms with Crippen LogP contribution in [0.25, 0.3) is 0 Å². The van der Waals surface area contributed by atoms with Gasteiger partial charge in [0.25, 0.3) is 0 Å². The summed E-state index contributed by atoms with van der Waals surface area (Å²) in [5.41, 5.74) is 6.10. The van der Waals surface area contributed by atoms with Crippen molar-refractivity contribution in [2.24, 2.45) is 5.73 Å². The maximum absolute atomic E-state index is 13.1. The molecule has 2 N–H and O–H groups in total. The van der Waals surface area contributed by atoms with Crippen LogP contribution in [0.4, 0.5) is 4.39 Å². The summed E-state index contributed by atoms with van der Waals surface area (Å²) in [5, 5.41) is 0. The van der Waals surface area contributed by atoms with E-state index in [9.17, 15) is 12.8 Å². The first-order valence-corrected chi connectivity index (χ1v) is 7.84. The first-order valence-electron chi connectivity index (χ1n) is 6.02. The lowest BCUT2D eigenvalue weighted by atomic mass is 9.89. The highest BCUT2D eigenvalue weighted by molar-refractivity contribution is 7.91. The zero-order chi connectivity index (χ0) is 13.8. The van der Waals surface area contributed by atoms with E-state index >= 15 is 0 Å². The van der Waals surface area contributed by atoms with Crippen molar-refractivity contribution in [1.82, 2.24) is 0 Å². The second-order valence-corrected chi connectivity index (χ2v) is 7.24. The summed E-state index contributed by atoms with van der Waals surface area (Å²) in [6.45, 7) is 3.42. The lowest BCUT2D eigenvalue weighted by molar-refractivity contribution is 0.443. The van der Waals surface area contributed by atoms with E-state index in [-0.39, 0.29) is 17.3 Å². The average molecular weight is 273 g/mol. The van der Waals surface area contributed by atoms with Gasteiger partial charge in [-0.2, -0.15) is 0 Å². The fourth-order valence-corrected chi connectivity index (χ4v) is 2.66. The van der Waals surface area contributed by atoms with E-state index in [0.29, 0.717) is 18.4 Å². The smallest absolute Gasteiger partial charge is 0.150 e. The number of halogens is 1. The van der Waals surface area contributed by atoms with E-state index in [1.165, 1.54) is 12.1 Å². The molecule has 0 spiro atoms. The molecular weight excluding hydrogens is 253 g/mol. The first-order chi connectivity index (χ1) is 8.27. The van der Waals surface area contributed by atoms with Crippen LogP contribution in [0.5, 0.6) is 0 Å². The highest BCUT2D eigenvalue weighted by Gasteiger charge is 2.22. The summed E-state index contributed by atoms with van der Waals surface area (Å²) in [4.78, 5) is 0. The topological polar surface area (TPSA) is 60.2 Å². The second-order valence-electron chi connectivity index (χ2n) is 4.77. The molecule has 102 valence electrons. The van der Waals surface area contributed by atoms with Gasteiger partial charge in [0, 0.05) is 11.3 Å². The van der Waals surface area contributed by atoms with Crippen molar-refractivity contribution in [2.45, 2.75) is 32.2 Å². The van der Waals surface area contributed by atoms with Crippen molar-refractivity contribution in [3.05, 3.63) is 35.6 Å². The zero-order valence-electron chi connectivity index (χ0n) is 10.8. The number of benzene rings is 1. The van der Waals surface area contributed by atoms with Crippen LogP contribution in [0.3, 0.4) is 0 Å². The SMILES string of the molecule is CCS(=O)(=O)CCCC(C)(N)c1cccc(F)c1. The normalized spacial score (nSPS) is 15.3. The summed E-state index contributed by atoms with van der Waals surface area (Å²) >= 11 is 0. The molecule has 18 heavy (non-hydrogen) atoms. The van der Waals surface area contributed by atoms with Crippen LogP contribution in [-0.4, -0.2) is 19.9 Å². The van der Waals surface area contributed by atoms with Crippen LogP contribution >= 0.6 is 0 Å². The van der Waals surface area contributed by atoms with Crippen molar-refractivity contribution in [2.75, 3.05) is 11.5 Å². The zero-order valence-corrected chi connectivity index (χ0v) is 11.6. The number of nitrogens with two attached hydrogens (primary N) is 1. The Morgan fingerprint density at radius 1 is 1.39 bits per heavy atom. The molecule has 0 radical (unpaired) electrons. The molecule has 5 heteroatoms. The maximum atomic E-state index is 13.1. The maximum Gasteiger partial charge on any atom is 0.150 e. The van der Waals surface area contributed by atoms with E-state index in [0.717, 1.165) is 0 Å². The molecule has 0 aliphatic carbocycles. The molecule has 1 atom stereocenters. The minimum absolute atomic E-state index is 0.131. The van der Waals surface area contributed by atoms with E-state index in [4.69, 9.17) is 5.73 Å². The van der Waals surface area contributed by atoms with Gasteiger partial charge in [-0.1, -0.05) is 19.1 Å². The summed E-state index contributed by atoms with van der Waals surface area (Å²) in [7, 11) is -2.96. The second kappa shape index (κ2) is 5.80. The monoisotopic (exact) mass is 273 g/mol. The van der Waals surface area contributed by atoms with Gasteiger partial charge in [-0.15, -0.1) is 0 Å². The fraction of sp³-hybridized carbons (Fsp3) is 0.538. The van der Waals surface area contributed by atoms with Crippen molar-refractivity contribution in [3.8, 4) is 0 Å². The minimum atomic E-state index is -2.96. The molecule has 0 fully saturated rings. The summed E-state index contributed by atoms with van der Waals surface area (Å²) in [5.74, 6) is -0.0507. The van der Waals surface area contributed by atoms with Crippen LogP contribution in [0.2, 0.25) is 0 Å². The van der Waals surface area contributed by atoms with Gasteiger partial charge in [-0.3, -0.25) is 0 Å². The van der Waals surface area contributed by atoms with Crippen molar-refractivity contribution >= 4 is 9.84 Å². The molecule has 0 aliphatic rings. The average Bonchev–Trinajstić information content (AvgIpc) is 2.28. The van der Waals surface area contributed by atoms with Crippen LogP contribution in [0, 0.1) is 5.82 Å². The van der Waals surface area contributed by atoms with Gasteiger partial charge in [-0.25, -0.2) is 12.8 Å². The lowest BCUT2D eigenvalue weighted by Gasteiger charge is -2.25. The highest BCUT2D eigenvalue weighted by atomic mass is 32.2.